The summed E-state index contributed by atoms with van der Waals surface area (Å²) in [4.78, 5) is 26.4. The van der Waals surface area contributed by atoms with Crippen LogP contribution in [0.25, 0.3) is 11.8 Å². The first-order chi connectivity index (χ1) is 13.1. The zero-order chi connectivity index (χ0) is 20.6. The number of aromatic nitrogens is 1. The van der Waals surface area contributed by atoms with E-state index in [1.807, 2.05) is 19.9 Å². The Morgan fingerprint density at radius 2 is 1.71 bits per heavy atom. The highest BCUT2D eigenvalue weighted by Crippen LogP contribution is 2.34. The number of hydrogen-bond donors (Lipinski definition) is 0. The van der Waals surface area contributed by atoms with Gasteiger partial charge in [-0.05, 0) is 72.8 Å². The lowest BCUT2D eigenvalue weighted by Crippen LogP contribution is -2.28. The van der Waals surface area contributed by atoms with Gasteiger partial charge >= 0.3 is 0 Å². The lowest BCUT2D eigenvalue weighted by molar-refractivity contribution is -0.122. The molecular formula is C23H28N2O2S. The Bertz CT molecular complexity index is 946. The fraction of sp³-hybridized carbons (Fsp3) is 0.391. The molecule has 0 unspecified atom stereocenters. The number of amides is 2. The summed E-state index contributed by atoms with van der Waals surface area (Å²) >= 11 is 1.03. The Kier molecular flexibility index (Phi) is 5.57. The van der Waals surface area contributed by atoms with Gasteiger partial charge in [0.1, 0.15) is 0 Å². The second-order valence-electron chi connectivity index (χ2n) is 8.29. The number of imide groups is 1. The summed E-state index contributed by atoms with van der Waals surface area (Å²) < 4.78 is 2.19. The van der Waals surface area contributed by atoms with Crippen molar-refractivity contribution in [1.29, 1.82) is 0 Å². The molecular weight excluding hydrogens is 368 g/mol. The molecule has 3 rings (SSSR count). The van der Waals surface area contributed by atoms with Crippen LogP contribution >= 0.6 is 11.8 Å². The minimum absolute atomic E-state index is 0.117. The molecule has 1 aliphatic rings. The minimum Gasteiger partial charge on any atom is -0.318 e. The molecule has 1 saturated heterocycles. The summed E-state index contributed by atoms with van der Waals surface area (Å²) in [5.74, 6) is -0.184. The van der Waals surface area contributed by atoms with Crippen LogP contribution in [0, 0.1) is 13.8 Å². The fourth-order valence-corrected chi connectivity index (χ4v) is 4.36. The lowest BCUT2D eigenvalue weighted by Gasteiger charge is -2.20. The Labute approximate surface area is 171 Å². The Balaban J connectivity index is 1.95. The van der Waals surface area contributed by atoms with Gasteiger partial charge < -0.3 is 4.57 Å². The van der Waals surface area contributed by atoms with E-state index >= 15 is 0 Å². The van der Waals surface area contributed by atoms with Crippen molar-refractivity contribution in [2.24, 2.45) is 0 Å². The molecule has 0 spiro atoms. The molecule has 2 heterocycles. The van der Waals surface area contributed by atoms with Crippen LogP contribution in [0.5, 0.6) is 0 Å². The van der Waals surface area contributed by atoms with Crippen molar-refractivity contribution in [1.82, 2.24) is 9.47 Å². The summed E-state index contributed by atoms with van der Waals surface area (Å²) in [5, 5.41) is -0.176. The largest absolute Gasteiger partial charge is 0.318 e. The van der Waals surface area contributed by atoms with Gasteiger partial charge in [0.2, 0.25) is 0 Å². The predicted octanol–water partition coefficient (Wildman–Crippen LogP) is 5.84. The SMILES string of the molecule is CCCN1C(=O)S/C(=C\c2cc(C)n(-c3ccc(C(C)(C)C)cc3)c2C)C1=O. The summed E-state index contributed by atoms with van der Waals surface area (Å²) in [6, 6.07) is 10.7. The average molecular weight is 397 g/mol. The third kappa shape index (κ3) is 3.81. The van der Waals surface area contributed by atoms with E-state index in [-0.39, 0.29) is 16.6 Å². The molecule has 0 bridgehead atoms. The van der Waals surface area contributed by atoms with Gasteiger partial charge in [-0.25, -0.2) is 0 Å². The van der Waals surface area contributed by atoms with E-state index in [4.69, 9.17) is 0 Å². The van der Waals surface area contributed by atoms with Crippen LogP contribution in [0.2, 0.25) is 0 Å². The van der Waals surface area contributed by atoms with E-state index in [0.717, 1.165) is 40.8 Å². The maximum Gasteiger partial charge on any atom is 0.293 e. The van der Waals surface area contributed by atoms with E-state index in [9.17, 15) is 9.59 Å². The summed E-state index contributed by atoms with van der Waals surface area (Å²) in [6.07, 6.45) is 2.62. The first kappa shape index (κ1) is 20.5. The number of carbonyl (C=O) groups is 2. The van der Waals surface area contributed by atoms with Crippen LogP contribution in [0.3, 0.4) is 0 Å². The molecule has 2 amide bonds. The van der Waals surface area contributed by atoms with Crippen LogP contribution in [-0.4, -0.2) is 27.2 Å². The lowest BCUT2D eigenvalue weighted by atomic mass is 9.87. The highest BCUT2D eigenvalue weighted by Gasteiger charge is 2.34. The molecule has 0 radical (unpaired) electrons. The number of thioether (sulfide) groups is 1. The van der Waals surface area contributed by atoms with Crippen molar-refractivity contribution >= 4 is 29.0 Å². The Morgan fingerprint density at radius 3 is 2.29 bits per heavy atom. The summed E-state index contributed by atoms with van der Waals surface area (Å²) in [7, 11) is 0. The number of carbonyl (C=O) groups excluding carboxylic acids is 2. The molecule has 0 aliphatic carbocycles. The van der Waals surface area contributed by atoms with Crippen LogP contribution in [0.4, 0.5) is 4.79 Å². The normalized spacial score (nSPS) is 16.5. The van der Waals surface area contributed by atoms with Gasteiger partial charge in [0.15, 0.2) is 0 Å². The highest BCUT2D eigenvalue weighted by atomic mass is 32.2. The zero-order valence-corrected chi connectivity index (χ0v) is 18.3. The molecule has 0 N–H and O–H groups in total. The van der Waals surface area contributed by atoms with Gasteiger partial charge in [0, 0.05) is 23.6 Å². The van der Waals surface area contributed by atoms with E-state index in [1.165, 1.54) is 10.5 Å². The quantitative estimate of drug-likeness (QED) is 0.610. The molecule has 0 saturated carbocycles. The molecule has 1 aromatic heterocycles. The Morgan fingerprint density at radius 1 is 1.07 bits per heavy atom. The number of hydrogen-bond acceptors (Lipinski definition) is 3. The van der Waals surface area contributed by atoms with Crippen LogP contribution in [-0.2, 0) is 10.2 Å². The molecule has 148 valence electrons. The van der Waals surface area contributed by atoms with Crippen molar-refractivity contribution in [2.75, 3.05) is 6.54 Å². The summed E-state index contributed by atoms with van der Waals surface area (Å²) in [5.41, 5.74) is 5.64. The second-order valence-corrected chi connectivity index (χ2v) is 9.29. The topological polar surface area (TPSA) is 42.3 Å². The van der Waals surface area contributed by atoms with Gasteiger partial charge in [-0.1, -0.05) is 39.8 Å². The first-order valence-electron chi connectivity index (χ1n) is 9.68. The zero-order valence-electron chi connectivity index (χ0n) is 17.5. The van der Waals surface area contributed by atoms with Gasteiger partial charge in [-0.15, -0.1) is 0 Å². The van der Waals surface area contributed by atoms with Crippen LogP contribution in [0.1, 0.15) is 56.6 Å². The number of rotatable bonds is 4. The van der Waals surface area contributed by atoms with E-state index < -0.39 is 0 Å². The van der Waals surface area contributed by atoms with Crippen molar-refractivity contribution in [2.45, 2.75) is 53.4 Å². The standard InChI is InChI=1S/C23H28N2O2S/c1-7-12-24-21(26)20(28-22(24)27)14-17-13-15(2)25(16(17)3)19-10-8-18(9-11-19)23(4,5)6/h8-11,13-14H,7,12H2,1-6H3/b20-14-. The van der Waals surface area contributed by atoms with Crippen molar-refractivity contribution in [3.05, 3.63) is 57.8 Å². The highest BCUT2D eigenvalue weighted by molar-refractivity contribution is 8.18. The first-order valence-corrected chi connectivity index (χ1v) is 10.5. The number of aryl methyl sites for hydroxylation is 1. The number of nitrogens with zero attached hydrogens (tertiary/aromatic N) is 2. The monoisotopic (exact) mass is 396 g/mol. The average Bonchev–Trinajstić information content (AvgIpc) is 3.05. The smallest absolute Gasteiger partial charge is 0.293 e. The summed E-state index contributed by atoms with van der Waals surface area (Å²) in [6.45, 7) is 13.2. The van der Waals surface area contributed by atoms with E-state index in [0.29, 0.717) is 11.4 Å². The predicted molar refractivity (Wildman–Crippen MR) is 117 cm³/mol. The van der Waals surface area contributed by atoms with Gasteiger partial charge in [-0.3, -0.25) is 14.5 Å². The minimum atomic E-state index is -0.184. The molecule has 2 aromatic rings. The van der Waals surface area contributed by atoms with Crippen molar-refractivity contribution in [3.8, 4) is 5.69 Å². The molecule has 5 heteroatoms. The maximum atomic E-state index is 12.5. The molecule has 4 nitrogen and oxygen atoms in total. The molecule has 1 aliphatic heterocycles. The molecule has 1 aromatic carbocycles. The third-order valence-electron chi connectivity index (χ3n) is 5.07. The second kappa shape index (κ2) is 7.63. The molecule has 28 heavy (non-hydrogen) atoms. The van der Waals surface area contributed by atoms with Gasteiger partial charge in [0.05, 0.1) is 4.91 Å². The third-order valence-corrected chi connectivity index (χ3v) is 5.98. The van der Waals surface area contributed by atoms with Gasteiger partial charge in [-0.2, -0.15) is 0 Å². The molecule has 0 atom stereocenters. The van der Waals surface area contributed by atoms with Crippen LogP contribution in [0.15, 0.2) is 35.2 Å². The van der Waals surface area contributed by atoms with E-state index in [1.54, 1.807) is 0 Å². The fourth-order valence-electron chi connectivity index (χ4n) is 3.50. The maximum absolute atomic E-state index is 12.5. The van der Waals surface area contributed by atoms with E-state index in [2.05, 4.69) is 62.6 Å². The van der Waals surface area contributed by atoms with Crippen molar-refractivity contribution in [3.63, 3.8) is 0 Å². The van der Waals surface area contributed by atoms with Gasteiger partial charge in [0.25, 0.3) is 11.1 Å². The van der Waals surface area contributed by atoms with Crippen LogP contribution < -0.4 is 0 Å². The van der Waals surface area contributed by atoms with Crippen molar-refractivity contribution < 1.29 is 9.59 Å². The molecule has 1 fully saturated rings. The number of benzene rings is 1. The Hall–Kier alpha value is -2.27.